The molecule has 116 valence electrons. The van der Waals surface area contributed by atoms with E-state index in [9.17, 15) is 0 Å². The zero-order chi connectivity index (χ0) is 14.0. The number of hydrazine groups is 1. The van der Waals surface area contributed by atoms with Gasteiger partial charge in [-0.25, -0.2) is 0 Å². The smallest absolute Gasteiger partial charge is 0.0783 e. The van der Waals surface area contributed by atoms with Crippen LogP contribution in [0.3, 0.4) is 0 Å². The van der Waals surface area contributed by atoms with Crippen molar-refractivity contribution in [3.8, 4) is 0 Å². The second-order valence-corrected chi connectivity index (χ2v) is 8.40. The molecule has 3 unspecified atom stereocenters. The highest BCUT2D eigenvalue weighted by Gasteiger charge is 2.43. The summed E-state index contributed by atoms with van der Waals surface area (Å²) >= 11 is 2.06. The van der Waals surface area contributed by atoms with E-state index in [1.165, 1.54) is 56.5 Å². The number of thioether (sulfide) groups is 1. The highest BCUT2D eigenvalue weighted by atomic mass is 32.2. The number of rotatable bonds is 3. The fourth-order valence-corrected chi connectivity index (χ4v) is 5.92. The van der Waals surface area contributed by atoms with Crippen molar-refractivity contribution in [1.82, 2.24) is 5.43 Å². The summed E-state index contributed by atoms with van der Waals surface area (Å²) in [6.45, 7) is 3.33. The summed E-state index contributed by atoms with van der Waals surface area (Å²) in [7, 11) is 0. The Hall–Kier alpha value is 0.230. The maximum Gasteiger partial charge on any atom is 0.0783 e. The molecule has 3 nitrogen and oxygen atoms in total. The van der Waals surface area contributed by atoms with Gasteiger partial charge in [0, 0.05) is 18.4 Å². The summed E-state index contributed by atoms with van der Waals surface area (Å²) in [5.41, 5.74) is 3.39. The second kappa shape index (κ2) is 6.55. The second-order valence-electron chi connectivity index (χ2n) is 7.30. The van der Waals surface area contributed by atoms with Gasteiger partial charge in [-0.2, -0.15) is 11.8 Å². The summed E-state index contributed by atoms with van der Waals surface area (Å²) < 4.78 is 6.17. The standard InChI is InChI=1S/C16H30N2OS/c1-12-2-4-13(5-3-12)15(18-17)14-6-8-19-16(10-14)7-9-20-11-16/h12-15,18H,2-11,17H2,1H3. The molecule has 4 heteroatoms. The highest BCUT2D eigenvalue weighted by molar-refractivity contribution is 7.99. The summed E-state index contributed by atoms with van der Waals surface area (Å²) in [6.07, 6.45) is 9.13. The molecule has 0 bridgehead atoms. The van der Waals surface area contributed by atoms with Crippen molar-refractivity contribution in [2.75, 3.05) is 18.1 Å². The average molecular weight is 298 g/mol. The zero-order valence-electron chi connectivity index (χ0n) is 12.8. The summed E-state index contributed by atoms with van der Waals surface area (Å²) in [4.78, 5) is 0. The van der Waals surface area contributed by atoms with Crippen molar-refractivity contribution < 1.29 is 4.74 Å². The molecule has 2 saturated heterocycles. The molecule has 1 spiro atoms. The molecule has 3 N–H and O–H groups in total. The maximum atomic E-state index is 6.17. The number of nitrogens with two attached hydrogens (primary N) is 1. The van der Waals surface area contributed by atoms with Crippen LogP contribution in [0.1, 0.15) is 51.9 Å². The third kappa shape index (κ3) is 3.18. The van der Waals surface area contributed by atoms with Crippen molar-refractivity contribution in [2.24, 2.45) is 23.6 Å². The van der Waals surface area contributed by atoms with Crippen molar-refractivity contribution >= 4 is 11.8 Å². The lowest BCUT2D eigenvalue weighted by Gasteiger charge is -2.44. The van der Waals surface area contributed by atoms with Crippen LogP contribution in [0.25, 0.3) is 0 Å². The minimum Gasteiger partial charge on any atom is -0.374 e. The predicted molar refractivity (Wildman–Crippen MR) is 85.6 cm³/mol. The fraction of sp³-hybridized carbons (Fsp3) is 1.00. The van der Waals surface area contributed by atoms with E-state index in [0.29, 0.717) is 12.0 Å². The SMILES string of the molecule is CC1CCC(C(NN)C2CCOC3(CCSC3)C2)CC1. The molecule has 20 heavy (non-hydrogen) atoms. The van der Waals surface area contributed by atoms with Crippen LogP contribution < -0.4 is 11.3 Å². The van der Waals surface area contributed by atoms with Crippen LogP contribution in [0.4, 0.5) is 0 Å². The first-order valence-corrected chi connectivity index (χ1v) is 9.56. The molecule has 1 saturated carbocycles. The lowest BCUT2D eigenvalue weighted by molar-refractivity contribution is -0.0896. The Kier molecular flexibility index (Phi) is 4.96. The molecule has 0 amide bonds. The third-order valence-corrected chi connectivity index (χ3v) is 7.09. The van der Waals surface area contributed by atoms with Gasteiger partial charge in [0.1, 0.15) is 0 Å². The topological polar surface area (TPSA) is 47.3 Å². The molecule has 3 fully saturated rings. The van der Waals surface area contributed by atoms with Crippen molar-refractivity contribution in [2.45, 2.75) is 63.5 Å². The van der Waals surface area contributed by atoms with Crippen LogP contribution >= 0.6 is 11.8 Å². The van der Waals surface area contributed by atoms with Crippen molar-refractivity contribution in [3.63, 3.8) is 0 Å². The van der Waals surface area contributed by atoms with Gasteiger partial charge in [0.2, 0.25) is 0 Å². The molecule has 3 rings (SSSR count). The van der Waals surface area contributed by atoms with Crippen LogP contribution in [-0.2, 0) is 4.74 Å². The van der Waals surface area contributed by atoms with Gasteiger partial charge in [0.25, 0.3) is 0 Å². The Morgan fingerprint density at radius 3 is 2.65 bits per heavy atom. The van der Waals surface area contributed by atoms with E-state index < -0.39 is 0 Å². The van der Waals surface area contributed by atoms with Crippen LogP contribution in [0.15, 0.2) is 0 Å². The summed E-state index contributed by atoms with van der Waals surface area (Å²) in [6, 6.07) is 0.508. The summed E-state index contributed by atoms with van der Waals surface area (Å²) in [5, 5.41) is 0. The maximum absolute atomic E-state index is 6.17. The van der Waals surface area contributed by atoms with Crippen LogP contribution in [0, 0.1) is 17.8 Å². The van der Waals surface area contributed by atoms with Gasteiger partial charge >= 0.3 is 0 Å². The Morgan fingerprint density at radius 1 is 1.20 bits per heavy atom. The van der Waals surface area contributed by atoms with E-state index in [1.807, 2.05) is 0 Å². The Bertz CT molecular complexity index is 312. The summed E-state index contributed by atoms with van der Waals surface area (Å²) in [5.74, 6) is 10.8. The van der Waals surface area contributed by atoms with E-state index in [4.69, 9.17) is 10.6 Å². The third-order valence-electron chi connectivity index (χ3n) is 5.87. The molecule has 0 aromatic carbocycles. The molecule has 0 aromatic heterocycles. The predicted octanol–water partition coefficient (Wildman–Crippen LogP) is 2.95. The van der Waals surface area contributed by atoms with E-state index in [1.54, 1.807) is 0 Å². The fourth-order valence-electron chi connectivity index (χ4n) is 4.54. The molecule has 2 heterocycles. The normalized spacial score (nSPS) is 43.8. The van der Waals surface area contributed by atoms with Crippen LogP contribution in [-0.4, -0.2) is 29.8 Å². The average Bonchev–Trinajstić information content (AvgIpc) is 2.90. The Morgan fingerprint density at radius 2 is 2.00 bits per heavy atom. The van der Waals surface area contributed by atoms with Gasteiger partial charge < -0.3 is 4.74 Å². The molecule has 0 radical (unpaired) electrons. The highest BCUT2D eigenvalue weighted by Crippen LogP contribution is 2.43. The molecule has 3 aliphatic rings. The van der Waals surface area contributed by atoms with Gasteiger partial charge in [-0.1, -0.05) is 19.8 Å². The number of hydrogen-bond acceptors (Lipinski definition) is 4. The first-order valence-electron chi connectivity index (χ1n) is 8.40. The first kappa shape index (κ1) is 15.1. The van der Waals surface area contributed by atoms with E-state index in [2.05, 4.69) is 24.1 Å². The largest absolute Gasteiger partial charge is 0.374 e. The lowest BCUT2D eigenvalue weighted by atomic mass is 9.71. The molecular weight excluding hydrogens is 268 g/mol. The Balaban J connectivity index is 1.63. The van der Waals surface area contributed by atoms with Crippen molar-refractivity contribution in [1.29, 1.82) is 0 Å². The van der Waals surface area contributed by atoms with Gasteiger partial charge in [0.15, 0.2) is 0 Å². The monoisotopic (exact) mass is 298 g/mol. The lowest BCUT2D eigenvalue weighted by Crippen LogP contribution is -2.52. The van der Waals surface area contributed by atoms with Gasteiger partial charge in [-0.3, -0.25) is 11.3 Å². The van der Waals surface area contributed by atoms with E-state index in [-0.39, 0.29) is 5.60 Å². The zero-order valence-corrected chi connectivity index (χ0v) is 13.6. The van der Waals surface area contributed by atoms with Gasteiger partial charge in [-0.15, -0.1) is 0 Å². The minimum atomic E-state index is 0.185. The Labute approximate surface area is 127 Å². The molecule has 0 aromatic rings. The van der Waals surface area contributed by atoms with E-state index in [0.717, 1.165) is 18.4 Å². The molecule has 3 atom stereocenters. The minimum absolute atomic E-state index is 0.185. The number of nitrogens with one attached hydrogen (secondary N) is 1. The quantitative estimate of drug-likeness (QED) is 0.621. The number of hydrogen-bond donors (Lipinski definition) is 2. The van der Waals surface area contributed by atoms with E-state index >= 15 is 0 Å². The van der Waals surface area contributed by atoms with Crippen molar-refractivity contribution in [3.05, 3.63) is 0 Å². The molecule has 2 aliphatic heterocycles. The molecule has 1 aliphatic carbocycles. The molecular formula is C16H30N2OS. The van der Waals surface area contributed by atoms with Crippen LogP contribution in [0.5, 0.6) is 0 Å². The number of ether oxygens (including phenoxy) is 1. The van der Waals surface area contributed by atoms with Crippen LogP contribution in [0.2, 0.25) is 0 Å². The first-order chi connectivity index (χ1) is 9.72. The van der Waals surface area contributed by atoms with Gasteiger partial charge in [-0.05, 0) is 55.6 Å². The van der Waals surface area contributed by atoms with Gasteiger partial charge in [0.05, 0.1) is 5.60 Å².